The van der Waals surface area contributed by atoms with E-state index in [4.69, 9.17) is 0 Å². The molecule has 0 bridgehead atoms. The quantitative estimate of drug-likeness (QED) is 0.666. The van der Waals surface area contributed by atoms with E-state index in [0.29, 0.717) is 5.56 Å². The Morgan fingerprint density at radius 2 is 1.42 bits per heavy atom. The SMILES string of the molecule is O=C1c2ccccc2C(=O)c2c(O)c(C3CCCCC3)cc(O)c21. The van der Waals surface area contributed by atoms with Crippen LogP contribution in [0.4, 0.5) is 0 Å². The summed E-state index contributed by atoms with van der Waals surface area (Å²) in [5.74, 6) is -1.04. The molecule has 0 radical (unpaired) electrons. The minimum Gasteiger partial charge on any atom is -0.507 e. The lowest BCUT2D eigenvalue weighted by molar-refractivity contribution is 0.0974. The molecule has 1 fully saturated rings. The molecule has 0 saturated heterocycles. The highest BCUT2D eigenvalue weighted by atomic mass is 16.3. The lowest BCUT2D eigenvalue weighted by Crippen LogP contribution is -2.22. The molecule has 0 unspecified atom stereocenters. The standard InChI is InChI=1S/C20H18O4/c21-15-10-14(11-6-2-1-3-7-11)20(24)17-16(15)18(22)12-8-4-5-9-13(12)19(17)23/h4-5,8-11,21,24H,1-3,6-7H2. The molecule has 2 N–H and O–H groups in total. The van der Waals surface area contributed by atoms with Crippen LogP contribution in [-0.2, 0) is 0 Å². The molecule has 2 aliphatic rings. The van der Waals surface area contributed by atoms with Crippen molar-refractivity contribution < 1.29 is 19.8 Å². The topological polar surface area (TPSA) is 74.6 Å². The number of benzene rings is 2. The van der Waals surface area contributed by atoms with Crippen LogP contribution in [0.5, 0.6) is 11.5 Å². The molecule has 0 spiro atoms. The maximum Gasteiger partial charge on any atom is 0.198 e. The summed E-state index contributed by atoms with van der Waals surface area (Å²) in [5.41, 5.74) is 1.03. The Bertz CT molecular complexity index is 860. The zero-order valence-electron chi connectivity index (χ0n) is 13.2. The van der Waals surface area contributed by atoms with Gasteiger partial charge >= 0.3 is 0 Å². The fraction of sp³-hybridized carbons (Fsp3) is 0.300. The molecule has 0 aliphatic heterocycles. The molecule has 2 aromatic carbocycles. The van der Waals surface area contributed by atoms with Gasteiger partial charge in [-0.3, -0.25) is 9.59 Å². The normalized spacial score (nSPS) is 17.5. The van der Waals surface area contributed by atoms with Crippen LogP contribution < -0.4 is 0 Å². The van der Waals surface area contributed by atoms with Gasteiger partial charge in [-0.1, -0.05) is 43.5 Å². The van der Waals surface area contributed by atoms with Gasteiger partial charge in [0.15, 0.2) is 11.6 Å². The highest BCUT2D eigenvalue weighted by Gasteiger charge is 2.36. The van der Waals surface area contributed by atoms with Crippen LogP contribution in [0.25, 0.3) is 0 Å². The van der Waals surface area contributed by atoms with Gasteiger partial charge in [-0.25, -0.2) is 0 Å². The molecular formula is C20H18O4. The van der Waals surface area contributed by atoms with Crippen molar-refractivity contribution in [3.05, 3.63) is 58.1 Å². The van der Waals surface area contributed by atoms with Gasteiger partial charge in [0.25, 0.3) is 0 Å². The number of aromatic hydroxyl groups is 2. The molecule has 1 saturated carbocycles. The second-order valence-electron chi connectivity index (χ2n) is 6.62. The first-order valence-electron chi connectivity index (χ1n) is 8.37. The summed E-state index contributed by atoms with van der Waals surface area (Å²) in [6, 6.07) is 8.01. The van der Waals surface area contributed by atoms with Crippen molar-refractivity contribution in [1.82, 2.24) is 0 Å². The summed E-state index contributed by atoms with van der Waals surface area (Å²) in [4.78, 5) is 25.5. The molecule has 0 amide bonds. The van der Waals surface area contributed by atoms with E-state index in [2.05, 4.69) is 0 Å². The van der Waals surface area contributed by atoms with E-state index in [1.54, 1.807) is 24.3 Å². The van der Waals surface area contributed by atoms with E-state index in [9.17, 15) is 19.8 Å². The van der Waals surface area contributed by atoms with Crippen LogP contribution in [-0.4, -0.2) is 21.8 Å². The van der Waals surface area contributed by atoms with Gasteiger partial charge in [0.1, 0.15) is 11.5 Å². The Hall–Kier alpha value is -2.62. The molecule has 24 heavy (non-hydrogen) atoms. The summed E-state index contributed by atoms with van der Waals surface area (Å²) in [5, 5.41) is 21.2. The molecule has 4 nitrogen and oxygen atoms in total. The second kappa shape index (κ2) is 5.48. The number of carbonyl (C=O) groups is 2. The third kappa shape index (κ3) is 2.06. The molecule has 4 heteroatoms. The highest BCUT2D eigenvalue weighted by Crippen LogP contribution is 2.45. The van der Waals surface area contributed by atoms with Crippen molar-refractivity contribution in [2.45, 2.75) is 38.0 Å². The van der Waals surface area contributed by atoms with Gasteiger partial charge in [0, 0.05) is 16.7 Å². The molecular weight excluding hydrogens is 304 g/mol. The molecule has 0 heterocycles. The predicted octanol–water partition coefficient (Wildman–Crippen LogP) is 3.92. The van der Waals surface area contributed by atoms with Crippen molar-refractivity contribution in [1.29, 1.82) is 0 Å². The lowest BCUT2D eigenvalue weighted by atomic mass is 9.78. The van der Waals surface area contributed by atoms with Gasteiger partial charge in [-0.15, -0.1) is 0 Å². The van der Waals surface area contributed by atoms with Crippen LogP contribution in [0, 0.1) is 0 Å². The maximum absolute atomic E-state index is 12.8. The third-order valence-electron chi connectivity index (χ3n) is 5.22. The summed E-state index contributed by atoms with van der Waals surface area (Å²) in [7, 11) is 0. The van der Waals surface area contributed by atoms with Crippen molar-refractivity contribution in [3.8, 4) is 11.5 Å². The lowest BCUT2D eigenvalue weighted by Gasteiger charge is -2.26. The van der Waals surface area contributed by atoms with Crippen LogP contribution in [0.2, 0.25) is 0 Å². The largest absolute Gasteiger partial charge is 0.507 e. The van der Waals surface area contributed by atoms with E-state index in [0.717, 1.165) is 25.7 Å². The molecule has 2 aliphatic carbocycles. The van der Waals surface area contributed by atoms with Crippen LogP contribution in [0.1, 0.15) is 75.4 Å². The summed E-state index contributed by atoms with van der Waals surface area (Å²) < 4.78 is 0. The molecule has 122 valence electrons. The second-order valence-corrected chi connectivity index (χ2v) is 6.62. The van der Waals surface area contributed by atoms with Gasteiger partial charge in [0.05, 0.1) is 11.1 Å². The summed E-state index contributed by atoms with van der Waals surface area (Å²) >= 11 is 0. The van der Waals surface area contributed by atoms with E-state index < -0.39 is 11.6 Å². The maximum atomic E-state index is 12.8. The van der Waals surface area contributed by atoms with Gasteiger partial charge in [-0.2, -0.15) is 0 Å². The highest BCUT2D eigenvalue weighted by molar-refractivity contribution is 6.30. The minimum atomic E-state index is -0.414. The monoisotopic (exact) mass is 322 g/mol. The molecule has 4 rings (SSSR count). The van der Waals surface area contributed by atoms with E-state index >= 15 is 0 Å². The van der Waals surface area contributed by atoms with E-state index in [-0.39, 0.29) is 39.7 Å². The Morgan fingerprint density at radius 3 is 2.04 bits per heavy atom. The first kappa shape index (κ1) is 14.9. The van der Waals surface area contributed by atoms with E-state index in [1.807, 2.05) is 0 Å². The summed E-state index contributed by atoms with van der Waals surface area (Å²) in [6.45, 7) is 0. The average molecular weight is 322 g/mol. The number of hydrogen-bond acceptors (Lipinski definition) is 4. The van der Waals surface area contributed by atoms with Gasteiger partial charge in [0.2, 0.25) is 0 Å². The van der Waals surface area contributed by atoms with Crippen molar-refractivity contribution in [3.63, 3.8) is 0 Å². The number of phenols is 2. The van der Waals surface area contributed by atoms with Crippen LogP contribution in [0.15, 0.2) is 30.3 Å². The zero-order valence-corrected chi connectivity index (χ0v) is 13.2. The first-order chi connectivity index (χ1) is 11.6. The Morgan fingerprint density at radius 1 is 0.833 bits per heavy atom. The zero-order chi connectivity index (χ0) is 16.8. The summed E-state index contributed by atoms with van der Waals surface area (Å²) in [6.07, 6.45) is 5.14. The number of ketones is 2. The number of carbonyl (C=O) groups excluding carboxylic acids is 2. The van der Waals surface area contributed by atoms with E-state index in [1.165, 1.54) is 12.5 Å². The Labute approximate surface area is 139 Å². The van der Waals surface area contributed by atoms with Crippen molar-refractivity contribution in [2.24, 2.45) is 0 Å². The fourth-order valence-electron chi connectivity index (χ4n) is 4.00. The molecule has 0 atom stereocenters. The average Bonchev–Trinajstić information content (AvgIpc) is 2.62. The van der Waals surface area contributed by atoms with Crippen LogP contribution in [0.3, 0.4) is 0 Å². The van der Waals surface area contributed by atoms with Gasteiger partial charge < -0.3 is 10.2 Å². The fourth-order valence-corrected chi connectivity index (χ4v) is 4.00. The molecule has 2 aromatic rings. The van der Waals surface area contributed by atoms with Gasteiger partial charge in [-0.05, 0) is 24.8 Å². The number of rotatable bonds is 1. The van der Waals surface area contributed by atoms with Crippen molar-refractivity contribution >= 4 is 11.6 Å². The smallest absolute Gasteiger partial charge is 0.198 e. The number of phenolic OH excluding ortho intramolecular Hbond substituents is 2. The third-order valence-corrected chi connectivity index (χ3v) is 5.22. The number of fused-ring (bicyclic) bond motifs is 2. The van der Waals surface area contributed by atoms with Crippen LogP contribution >= 0.6 is 0 Å². The van der Waals surface area contributed by atoms with Crippen molar-refractivity contribution in [2.75, 3.05) is 0 Å². The number of hydrogen-bond donors (Lipinski definition) is 2. The Balaban J connectivity index is 1.93. The predicted molar refractivity (Wildman–Crippen MR) is 88.9 cm³/mol. The molecule has 0 aromatic heterocycles. The minimum absolute atomic E-state index is 0.0423. The Kier molecular flexibility index (Phi) is 3.41. The first-order valence-corrected chi connectivity index (χ1v) is 8.37.